The molecule has 34 heavy (non-hydrogen) atoms. The molecule has 4 rings (SSSR count). The minimum Gasteiger partial charge on any atom is -0.490 e. The molecule has 1 heterocycles. The third-order valence-corrected chi connectivity index (χ3v) is 5.72. The van der Waals surface area contributed by atoms with Crippen molar-refractivity contribution in [3.63, 3.8) is 0 Å². The maximum absolute atomic E-state index is 13.0. The number of amides is 4. The van der Waals surface area contributed by atoms with Gasteiger partial charge in [-0.25, -0.2) is 9.69 Å². The molecular formula is C27H27N3O4. The predicted octanol–water partition coefficient (Wildman–Crippen LogP) is 4.86. The van der Waals surface area contributed by atoms with E-state index >= 15 is 0 Å². The zero-order valence-electron chi connectivity index (χ0n) is 19.4. The Labute approximate surface area is 198 Å². The Bertz CT molecular complexity index is 1280. The van der Waals surface area contributed by atoms with Crippen LogP contribution in [0.5, 0.6) is 5.75 Å². The van der Waals surface area contributed by atoms with Crippen molar-refractivity contribution in [2.75, 3.05) is 11.9 Å². The van der Waals surface area contributed by atoms with E-state index < -0.39 is 17.8 Å². The summed E-state index contributed by atoms with van der Waals surface area (Å²) in [7, 11) is 0. The van der Waals surface area contributed by atoms with E-state index in [1.54, 1.807) is 18.2 Å². The van der Waals surface area contributed by atoms with Crippen molar-refractivity contribution in [3.8, 4) is 5.75 Å². The second-order valence-electron chi connectivity index (χ2n) is 8.33. The molecule has 3 aromatic rings. The molecule has 3 aromatic carbocycles. The van der Waals surface area contributed by atoms with Gasteiger partial charge in [0, 0.05) is 11.3 Å². The quantitative estimate of drug-likeness (QED) is 0.392. The molecule has 1 aliphatic heterocycles. The van der Waals surface area contributed by atoms with E-state index in [1.807, 2.05) is 69.3 Å². The number of aryl methyl sites for hydroxylation is 1. The Morgan fingerprint density at radius 3 is 2.56 bits per heavy atom. The lowest BCUT2D eigenvalue weighted by molar-refractivity contribution is -0.127. The van der Waals surface area contributed by atoms with E-state index in [0.29, 0.717) is 17.0 Å². The molecule has 174 valence electrons. The first kappa shape index (κ1) is 23.0. The van der Waals surface area contributed by atoms with Crippen molar-refractivity contribution in [1.29, 1.82) is 0 Å². The number of fused-ring (bicyclic) bond motifs is 1. The number of anilines is 1. The van der Waals surface area contributed by atoms with Crippen LogP contribution in [0.4, 0.5) is 10.5 Å². The van der Waals surface area contributed by atoms with Crippen LogP contribution >= 0.6 is 0 Å². The van der Waals surface area contributed by atoms with Gasteiger partial charge in [0.25, 0.3) is 5.91 Å². The van der Waals surface area contributed by atoms with Gasteiger partial charge in [0.15, 0.2) is 0 Å². The zero-order chi connectivity index (χ0) is 24.2. The molecule has 1 atom stereocenters. The van der Waals surface area contributed by atoms with Gasteiger partial charge in [-0.15, -0.1) is 0 Å². The highest BCUT2D eigenvalue weighted by molar-refractivity contribution is 6.16. The minimum absolute atomic E-state index is 0.0193. The van der Waals surface area contributed by atoms with Crippen molar-refractivity contribution >= 4 is 40.4 Å². The smallest absolute Gasteiger partial charge is 0.329 e. The van der Waals surface area contributed by atoms with Crippen LogP contribution in [0, 0.1) is 6.92 Å². The molecule has 1 unspecified atom stereocenters. The monoisotopic (exact) mass is 457 g/mol. The molecule has 2 N–H and O–H groups in total. The van der Waals surface area contributed by atoms with Crippen LogP contribution in [0.15, 0.2) is 66.4 Å². The van der Waals surface area contributed by atoms with Gasteiger partial charge in [-0.1, -0.05) is 55.0 Å². The summed E-state index contributed by atoms with van der Waals surface area (Å²) in [6, 6.07) is 18.2. The van der Waals surface area contributed by atoms with Crippen LogP contribution in [0.1, 0.15) is 31.4 Å². The number of imide groups is 1. The highest BCUT2D eigenvalue weighted by Crippen LogP contribution is 2.32. The lowest BCUT2D eigenvalue weighted by Crippen LogP contribution is -2.38. The van der Waals surface area contributed by atoms with Crippen LogP contribution in [0.3, 0.4) is 0 Å². The van der Waals surface area contributed by atoms with Crippen LogP contribution in [-0.4, -0.2) is 35.4 Å². The first-order valence-corrected chi connectivity index (χ1v) is 11.2. The summed E-state index contributed by atoms with van der Waals surface area (Å²) in [5.41, 5.74) is 2.46. The number of hydrogen-bond acceptors (Lipinski definition) is 4. The van der Waals surface area contributed by atoms with Crippen molar-refractivity contribution in [2.45, 2.75) is 33.3 Å². The molecule has 1 fully saturated rings. The number of nitrogens with one attached hydrogen (secondary N) is 2. The zero-order valence-corrected chi connectivity index (χ0v) is 19.4. The van der Waals surface area contributed by atoms with Gasteiger partial charge in [-0.3, -0.25) is 9.59 Å². The van der Waals surface area contributed by atoms with E-state index in [0.717, 1.165) is 27.7 Å². The second-order valence-corrected chi connectivity index (χ2v) is 8.33. The Morgan fingerprint density at radius 1 is 1.09 bits per heavy atom. The van der Waals surface area contributed by atoms with Crippen molar-refractivity contribution in [1.82, 2.24) is 10.2 Å². The average molecular weight is 458 g/mol. The van der Waals surface area contributed by atoms with Gasteiger partial charge in [0.2, 0.25) is 5.91 Å². The molecule has 0 aromatic heterocycles. The first-order chi connectivity index (χ1) is 16.4. The molecule has 0 spiro atoms. The van der Waals surface area contributed by atoms with E-state index in [4.69, 9.17) is 4.74 Å². The van der Waals surface area contributed by atoms with Gasteiger partial charge < -0.3 is 15.4 Å². The molecule has 7 nitrogen and oxygen atoms in total. The number of benzene rings is 3. The third kappa shape index (κ3) is 4.93. The van der Waals surface area contributed by atoms with Crippen molar-refractivity contribution < 1.29 is 19.1 Å². The molecular weight excluding hydrogens is 430 g/mol. The number of urea groups is 1. The van der Waals surface area contributed by atoms with Crippen LogP contribution in [-0.2, 0) is 9.59 Å². The number of carbonyl (C=O) groups is 3. The number of hydrogen-bond donors (Lipinski definition) is 2. The fourth-order valence-electron chi connectivity index (χ4n) is 3.67. The van der Waals surface area contributed by atoms with Gasteiger partial charge in [0.05, 0.1) is 6.10 Å². The fourth-order valence-corrected chi connectivity index (χ4v) is 3.67. The van der Waals surface area contributed by atoms with Gasteiger partial charge >= 0.3 is 6.03 Å². The number of ether oxygens (including phenoxy) is 1. The standard InChI is InChI=1S/C27H27N3O4/c1-4-18(3)34-24-14-11-19-7-5-6-8-21(19)22(24)15-23-26(32)30(27(33)29-23)16-25(31)28-20-12-9-17(2)10-13-20/h5-15,18H,4,16H2,1-3H3,(H,28,31)(H,29,33). The van der Waals surface area contributed by atoms with Gasteiger partial charge in [-0.05, 0) is 55.3 Å². The molecule has 0 bridgehead atoms. The van der Waals surface area contributed by atoms with E-state index in [2.05, 4.69) is 10.6 Å². The van der Waals surface area contributed by atoms with Crippen LogP contribution in [0.25, 0.3) is 16.8 Å². The summed E-state index contributed by atoms with van der Waals surface area (Å²) in [6.45, 7) is 5.57. The fraction of sp³-hybridized carbons (Fsp3) is 0.222. The highest BCUT2D eigenvalue weighted by atomic mass is 16.5. The molecule has 0 aliphatic carbocycles. The number of carbonyl (C=O) groups excluding carboxylic acids is 3. The van der Waals surface area contributed by atoms with Crippen LogP contribution < -0.4 is 15.4 Å². The average Bonchev–Trinajstić information content (AvgIpc) is 3.09. The Morgan fingerprint density at radius 2 is 1.82 bits per heavy atom. The summed E-state index contributed by atoms with van der Waals surface area (Å²) >= 11 is 0. The molecule has 0 saturated carbocycles. The molecule has 7 heteroatoms. The summed E-state index contributed by atoms with van der Waals surface area (Å²) < 4.78 is 6.09. The molecule has 0 radical (unpaired) electrons. The largest absolute Gasteiger partial charge is 0.490 e. The lowest BCUT2D eigenvalue weighted by atomic mass is 10.0. The Kier molecular flexibility index (Phi) is 6.63. The summed E-state index contributed by atoms with van der Waals surface area (Å²) in [5.74, 6) is -0.399. The van der Waals surface area contributed by atoms with E-state index in [1.165, 1.54) is 0 Å². The lowest BCUT2D eigenvalue weighted by Gasteiger charge is -2.17. The molecule has 4 amide bonds. The second kappa shape index (κ2) is 9.79. The molecule has 1 aliphatic rings. The Hall–Kier alpha value is -4.13. The van der Waals surface area contributed by atoms with Crippen molar-refractivity contribution in [2.24, 2.45) is 0 Å². The minimum atomic E-state index is -0.639. The Balaban J connectivity index is 1.60. The van der Waals surface area contributed by atoms with Gasteiger partial charge in [-0.2, -0.15) is 0 Å². The summed E-state index contributed by atoms with van der Waals surface area (Å²) in [4.78, 5) is 38.9. The highest BCUT2D eigenvalue weighted by Gasteiger charge is 2.35. The van der Waals surface area contributed by atoms with E-state index in [-0.39, 0.29) is 18.3 Å². The number of nitrogens with zero attached hydrogens (tertiary/aromatic N) is 1. The molecule has 1 saturated heterocycles. The SMILES string of the molecule is CCC(C)Oc1ccc2ccccc2c1C=C1NC(=O)N(CC(=O)Nc2ccc(C)cc2)C1=O. The summed E-state index contributed by atoms with van der Waals surface area (Å²) in [5, 5.41) is 7.19. The topological polar surface area (TPSA) is 87.7 Å². The summed E-state index contributed by atoms with van der Waals surface area (Å²) in [6.07, 6.45) is 2.43. The predicted molar refractivity (Wildman–Crippen MR) is 132 cm³/mol. The normalized spacial score (nSPS) is 15.5. The number of rotatable bonds is 7. The van der Waals surface area contributed by atoms with Crippen molar-refractivity contribution in [3.05, 3.63) is 77.5 Å². The maximum Gasteiger partial charge on any atom is 0.329 e. The maximum atomic E-state index is 13.0. The van der Waals surface area contributed by atoms with Gasteiger partial charge in [0.1, 0.15) is 18.0 Å². The van der Waals surface area contributed by atoms with Crippen LogP contribution in [0.2, 0.25) is 0 Å². The van der Waals surface area contributed by atoms with E-state index in [9.17, 15) is 14.4 Å². The first-order valence-electron chi connectivity index (χ1n) is 11.2. The third-order valence-electron chi connectivity index (χ3n) is 5.72.